The van der Waals surface area contributed by atoms with E-state index in [0.717, 1.165) is 11.1 Å². The third-order valence-electron chi connectivity index (χ3n) is 3.40. The van der Waals surface area contributed by atoms with Crippen molar-refractivity contribution in [1.29, 1.82) is 5.41 Å². The van der Waals surface area contributed by atoms with Gasteiger partial charge in [0.15, 0.2) is 6.10 Å². The molecule has 1 radical (unpaired) electrons. The van der Waals surface area contributed by atoms with Crippen LogP contribution in [0.25, 0.3) is 0 Å². The van der Waals surface area contributed by atoms with Crippen molar-refractivity contribution < 1.29 is 19.1 Å². The number of benzene rings is 2. The van der Waals surface area contributed by atoms with Crippen LogP contribution in [0.2, 0.25) is 0 Å². The van der Waals surface area contributed by atoms with Gasteiger partial charge < -0.3 is 9.47 Å². The van der Waals surface area contributed by atoms with E-state index in [9.17, 15) is 9.59 Å². The second-order valence-electron chi connectivity index (χ2n) is 6.62. The molecule has 0 heterocycles. The van der Waals surface area contributed by atoms with Crippen molar-refractivity contribution >= 4 is 18.4 Å². The number of alkyl carbamates (subject to hydrolysis) is 1. The normalized spacial score (nSPS) is 12.0. The summed E-state index contributed by atoms with van der Waals surface area (Å²) in [5.74, 6) is -0.0788. The summed E-state index contributed by atoms with van der Waals surface area (Å²) in [5, 5.41) is 10.4. The summed E-state index contributed by atoms with van der Waals surface area (Å²) in [5.41, 5.74) is 1.40. The first kappa shape index (κ1) is 19.2. The number of carbonyl (C=O) groups is 1. The molecule has 0 saturated heterocycles. The number of amidine groups is 1. The molecule has 2 rings (SSSR count). The highest BCUT2D eigenvalue weighted by Crippen LogP contribution is 2.25. The van der Waals surface area contributed by atoms with Gasteiger partial charge in [0, 0.05) is 5.56 Å². The zero-order valence-electron chi connectivity index (χ0n) is 14.9. The van der Waals surface area contributed by atoms with E-state index in [4.69, 9.17) is 14.9 Å². The number of ether oxygens (including phenoxy) is 2. The molecule has 0 aliphatic rings. The molecule has 0 fully saturated rings. The summed E-state index contributed by atoms with van der Waals surface area (Å²) in [6.07, 6.45) is -1.27. The lowest BCUT2D eigenvalue weighted by Gasteiger charge is -2.20. The van der Waals surface area contributed by atoms with Gasteiger partial charge in [0.1, 0.15) is 11.4 Å². The van der Waals surface area contributed by atoms with Crippen molar-refractivity contribution in [2.75, 3.05) is 0 Å². The first-order valence-corrected chi connectivity index (χ1v) is 8.07. The largest absolute Gasteiger partial charge is 0.444 e. The molecule has 1 amide bonds. The van der Waals surface area contributed by atoms with Gasteiger partial charge in [-0.1, -0.05) is 54.6 Å². The van der Waals surface area contributed by atoms with Crippen LogP contribution in [-0.2, 0) is 14.3 Å². The van der Waals surface area contributed by atoms with Crippen LogP contribution in [0.1, 0.15) is 43.6 Å². The highest BCUT2D eigenvalue weighted by Gasteiger charge is 2.18. The standard InChI is InChI=1S/C20H21N2O4/c1-20(2,3)26-19(24)22-18(21)16-11-9-15(10-12-16)17(25-13-23)14-7-5-4-6-8-14/h4-12,17H,1-3H3,(H2,21,22,24). The molecule has 6 heteroatoms. The Kier molecular flexibility index (Phi) is 6.11. The lowest BCUT2D eigenvalue weighted by Crippen LogP contribution is -2.36. The predicted octanol–water partition coefficient (Wildman–Crippen LogP) is 3.71. The summed E-state index contributed by atoms with van der Waals surface area (Å²) in [7, 11) is 0. The molecule has 0 saturated carbocycles. The average molecular weight is 353 g/mol. The maximum Gasteiger partial charge on any atom is 0.418 e. The van der Waals surface area contributed by atoms with Crippen LogP contribution in [0.15, 0.2) is 54.6 Å². The van der Waals surface area contributed by atoms with E-state index in [-0.39, 0.29) is 5.84 Å². The molecule has 1 atom stereocenters. The van der Waals surface area contributed by atoms with Gasteiger partial charge in [0.25, 0.3) is 0 Å². The first-order chi connectivity index (χ1) is 12.3. The Morgan fingerprint density at radius 3 is 2.15 bits per heavy atom. The molecule has 26 heavy (non-hydrogen) atoms. The molecule has 0 spiro atoms. The van der Waals surface area contributed by atoms with Crippen LogP contribution >= 0.6 is 0 Å². The third kappa shape index (κ3) is 5.44. The molecule has 6 nitrogen and oxygen atoms in total. The molecule has 1 unspecified atom stereocenters. The number of rotatable bonds is 5. The smallest absolute Gasteiger partial charge is 0.418 e. The van der Waals surface area contributed by atoms with E-state index in [0.29, 0.717) is 5.56 Å². The molecular weight excluding hydrogens is 332 g/mol. The van der Waals surface area contributed by atoms with Gasteiger partial charge >= 0.3 is 12.6 Å². The Bertz CT molecular complexity index is 765. The summed E-state index contributed by atoms with van der Waals surface area (Å²) in [4.78, 5) is 22.5. The minimum atomic E-state index is -0.687. The topological polar surface area (TPSA) is 88.5 Å². The van der Waals surface area contributed by atoms with Gasteiger partial charge in [0.2, 0.25) is 0 Å². The number of hydrogen-bond acceptors (Lipinski definition) is 5. The molecule has 0 aliphatic carbocycles. The number of nitrogens with one attached hydrogen (secondary N) is 2. The fraction of sp³-hybridized carbons (Fsp3) is 0.250. The van der Waals surface area contributed by atoms with E-state index >= 15 is 0 Å². The number of carbonyl (C=O) groups excluding carboxylic acids is 2. The quantitative estimate of drug-likeness (QED) is 0.633. The summed E-state index contributed by atoms with van der Waals surface area (Å²) >= 11 is 0. The zero-order valence-corrected chi connectivity index (χ0v) is 14.9. The van der Waals surface area contributed by atoms with Gasteiger partial charge in [-0.3, -0.25) is 10.7 Å². The number of hydrogen-bond donors (Lipinski definition) is 2. The zero-order chi connectivity index (χ0) is 19.2. The second-order valence-corrected chi connectivity index (χ2v) is 6.62. The Morgan fingerprint density at radius 2 is 1.62 bits per heavy atom. The molecule has 0 aromatic heterocycles. The van der Waals surface area contributed by atoms with Crippen molar-refractivity contribution in [2.24, 2.45) is 0 Å². The van der Waals surface area contributed by atoms with Gasteiger partial charge in [-0.2, -0.15) is 0 Å². The predicted molar refractivity (Wildman–Crippen MR) is 97.7 cm³/mol. The van der Waals surface area contributed by atoms with E-state index in [1.807, 2.05) is 30.3 Å². The summed E-state index contributed by atoms with van der Waals surface area (Å²) in [6, 6.07) is 16.1. The van der Waals surface area contributed by atoms with Gasteiger partial charge in [-0.05, 0) is 31.9 Å². The maximum absolute atomic E-state index is 11.8. The second kappa shape index (κ2) is 8.29. The Morgan fingerprint density at radius 1 is 1.04 bits per heavy atom. The van der Waals surface area contributed by atoms with Crippen molar-refractivity contribution in [3.05, 3.63) is 71.3 Å². The van der Waals surface area contributed by atoms with E-state index in [2.05, 4.69) is 5.32 Å². The van der Waals surface area contributed by atoms with Gasteiger partial charge in [-0.15, -0.1) is 0 Å². The first-order valence-electron chi connectivity index (χ1n) is 8.07. The molecule has 0 bridgehead atoms. The van der Waals surface area contributed by atoms with Crippen molar-refractivity contribution in [3.8, 4) is 0 Å². The lowest BCUT2D eigenvalue weighted by atomic mass is 10.00. The van der Waals surface area contributed by atoms with Crippen molar-refractivity contribution in [3.63, 3.8) is 0 Å². The van der Waals surface area contributed by atoms with Gasteiger partial charge in [-0.25, -0.2) is 9.59 Å². The fourth-order valence-electron chi connectivity index (χ4n) is 2.31. The van der Waals surface area contributed by atoms with Crippen LogP contribution in [-0.4, -0.2) is 24.0 Å². The molecular formula is C20H21N2O4. The lowest BCUT2D eigenvalue weighted by molar-refractivity contribution is 0.0563. The SMILES string of the molecule is CC(C)(C)OC(=O)NC(=N)c1ccc(C(O[C]=O)c2ccccc2)cc1. The minimum Gasteiger partial charge on any atom is -0.444 e. The monoisotopic (exact) mass is 353 g/mol. The highest BCUT2D eigenvalue weighted by molar-refractivity contribution is 6.04. The molecule has 2 aromatic carbocycles. The maximum atomic E-state index is 11.8. The van der Waals surface area contributed by atoms with Crippen LogP contribution in [0.5, 0.6) is 0 Å². The van der Waals surface area contributed by atoms with Crippen LogP contribution in [0.4, 0.5) is 4.79 Å². The Hall–Kier alpha value is -3.15. The average Bonchev–Trinajstić information content (AvgIpc) is 2.59. The molecule has 0 aliphatic heterocycles. The highest BCUT2D eigenvalue weighted by atomic mass is 16.6. The van der Waals surface area contributed by atoms with E-state index < -0.39 is 17.8 Å². The van der Waals surface area contributed by atoms with Crippen LogP contribution in [0.3, 0.4) is 0 Å². The summed E-state index contributed by atoms with van der Waals surface area (Å²) in [6.45, 7) is 6.73. The van der Waals surface area contributed by atoms with Gasteiger partial charge in [0.05, 0.1) is 0 Å². The fourth-order valence-corrected chi connectivity index (χ4v) is 2.31. The summed E-state index contributed by atoms with van der Waals surface area (Å²) < 4.78 is 10.2. The minimum absolute atomic E-state index is 0.0788. The van der Waals surface area contributed by atoms with Crippen molar-refractivity contribution in [2.45, 2.75) is 32.5 Å². The Balaban J connectivity index is 2.12. The van der Waals surface area contributed by atoms with Crippen LogP contribution in [0, 0.1) is 5.41 Å². The number of amides is 1. The third-order valence-corrected chi connectivity index (χ3v) is 3.40. The van der Waals surface area contributed by atoms with Crippen molar-refractivity contribution in [1.82, 2.24) is 5.32 Å². The Labute approximate surface area is 152 Å². The van der Waals surface area contributed by atoms with E-state index in [1.165, 1.54) is 6.47 Å². The molecule has 2 aromatic rings. The van der Waals surface area contributed by atoms with Crippen LogP contribution < -0.4 is 5.32 Å². The van der Waals surface area contributed by atoms with E-state index in [1.54, 1.807) is 45.0 Å². The molecule has 2 N–H and O–H groups in total. The molecule has 135 valence electrons.